The highest BCUT2D eigenvalue weighted by Crippen LogP contribution is 2.20. The molecule has 0 aliphatic carbocycles. The quantitative estimate of drug-likeness (QED) is 0.752. The maximum Gasteiger partial charge on any atom is 0.226 e. The maximum atomic E-state index is 11.8. The lowest BCUT2D eigenvalue weighted by molar-refractivity contribution is -0.117. The van der Waals surface area contributed by atoms with Crippen LogP contribution >= 0.6 is 0 Å². The first-order valence-electron chi connectivity index (χ1n) is 7.16. The van der Waals surface area contributed by atoms with Gasteiger partial charge in [-0.25, -0.2) is 0 Å². The van der Waals surface area contributed by atoms with Gasteiger partial charge in [0.25, 0.3) is 0 Å². The Morgan fingerprint density at radius 1 is 1.35 bits per heavy atom. The molecule has 1 atom stereocenters. The summed E-state index contributed by atoms with van der Waals surface area (Å²) in [6.45, 7) is 8.71. The molecule has 0 saturated heterocycles. The SMILES string of the molecule is Cc1c(N)cccc1NC(=O)CCOC(C)CC(C)C. The van der Waals surface area contributed by atoms with Crippen LogP contribution in [-0.2, 0) is 9.53 Å². The monoisotopic (exact) mass is 278 g/mol. The van der Waals surface area contributed by atoms with E-state index in [9.17, 15) is 4.79 Å². The van der Waals surface area contributed by atoms with Crippen molar-refractivity contribution < 1.29 is 9.53 Å². The number of nitrogens with one attached hydrogen (secondary N) is 1. The van der Waals surface area contributed by atoms with Gasteiger partial charge in [-0.15, -0.1) is 0 Å². The van der Waals surface area contributed by atoms with E-state index in [0.29, 0.717) is 24.6 Å². The summed E-state index contributed by atoms with van der Waals surface area (Å²) in [7, 11) is 0. The molecule has 0 aliphatic rings. The van der Waals surface area contributed by atoms with Crippen molar-refractivity contribution in [2.45, 2.75) is 46.6 Å². The average molecular weight is 278 g/mol. The lowest BCUT2D eigenvalue weighted by Crippen LogP contribution is -2.18. The minimum atomic E-state index is -0.0459. The standard InChI is InChI=1S/C16H26N2O2/c1-11(2)10-12(3)20-9-8-16(19)18-15-7-5-6-14(17)13(15)4/h5-7,11-12H,8-10,17H2,1-4H3,(H,18,19). The minimum absolute atomic E-state index is 0.0459. The second-order valence-electron chi connectivity index (χ2n) is 5.63. The highest BCUT2D eigenvalue weighted by Gasteiger charge is 2.09. The lowest BCUT2D eigenvalue weighted by atomic mass is 10.1. The molecular formula is C16H26N2O2. The van der Waals surface area contributed by atoms with Gasteiger partial charge in [0.05, 0.1) is 19.1 Å². The van der Waals surface area contributed by atoms with Gasteiger partial charge in [-0.1, -0.05) is 19.9 Å². The van der Waals surface area contributed by atoms with Crippen molar-refractivity contribution in [3.05, 3.63) is 23.8 Å². The highest BCUT2D eigenvalue weighted by atomic mass is 16.5. The third-order valence-electron chi connectivity index (χ3n) is 3.18. The Morgan fingerprint density at radius 2 is 2.05 bits per heavy atom. The van der Waals surface area contributed by atoms with Crippen LogP contribution in [0, 0.1) is 12.8 Å². The average Bonchev–Trinajstić information content (AvgIpc) is 2.34. The molecule has 0 heterocycles. The van der Waals surface area contributed by atoms with Gasteiger partial charge in [-0.05, 0) is 43.9 Å². The molecule has 4 nitrogen and oxygen atoms in total. The molecule has 1 amide bonds. The predicted octanol–water partition coefficient (Wildman–Crippen LogP) is 3.36. The topological polar surface area (TPSA) is 64.3 Å². The van der Waals surface area contributed by atoms with Gasteiger partial charge in [0, 0.05) is 11.4 Å². The number of nitrogen functional groups attached to an aromatic ring is 1. The molecule has 0 fully saturated rings. The number of hydrogen-bond acceptors (Lipinski definition) is 3. The molecule has 1 rings (SSSR count). The Morgan fingerprint density at radius 3 is 2.70 bits per heavy atom. The van der Waals surface area contributed by atoms with Gasteiger partial charge in [-0.2, -0.15) is 0 Å². The van der Waals surface area contributed by atoms with Gasteiger partial charge in [0.1, 0.15) is 0 Å². The molecule has 20 heavy (non-hydrogen) atoms. The Bertz CT molecular complexity index is 444. The van der Waals surface area contributed by atoms with Gasteiger partial charge in [-0.3, -0.25) is 4.79 Å². The van der Waals surface area contributed by atoms with Crippen molar-refractivity contribution in [3.63, 3.8) is 0 Å². The second kappa shape index (κ2) is 7.90. The number of amides is 1. The molecule has 0 radical (unpaired) electrons. The smallest absolute Gasteiger partial charge is 0.226 e. The number of nitrogens with two attached hydrogens (primary N) is 1. The fourth-order valence-electron chi connectivity index (χ4n) is 2.09. The number of anilines is 2. The summed E-state index contributed by atoms with van der Waals surface area (Å²) in [6, 6.07) is 5.51. The fraction of sp³-hybridized carbons (Fsp3) is 0.562. The molecule has 1 aromatic rings. The fourth-order valence-corrected chi connectivity index (χ4v) is 2.09. The first-order chi connectivity index (χ1) is 9.40. The van der Waals surface area contributed by atoms with Crippen molar-refractivity contribution in [3.8, 4) is 0 Å². The van der Waals surface area contributed by atoms with Crippen LogP contribution < -0.4 is 11.1 Å². The van der Waals surface area contributed by atoms with Gasteiger partial charge in [0.2, 0.25) is 5.91 Å². The number of hydrogen-bond donors (Lipinski definition) is 2. The van der Waals surface area contributed by atoms with Gasteiger partial charge < -0.3 is 15.8 Å². The van der Waals surface area contributed by atoms with Crippen molar-refractivity contribution in [1.29, 1.82) is 0 Å². The molecule has 1 unspecified atom stereocenters. The summed E-state index contributed by atoms with van der Waals surface area (Å²) in [5.41, 5.74) is 8.16. The van der Waals surface area contributed by atoms with Crippen molar-refractivity contribution in [2.75, 3.05) is 17.7 Å². The minimum Gasteiger partial charge on any atom is -0.398 e. The summed E-state index contributed by atoms with van der Waals surface area (Å²) in [4.78, 5) is 11.8. The van der Waals surface area contributed by atoms with E-state index in [1.54, 1.807) is 0 Å². The highest BCUT2D eigenvalue weighted by molar-refractivity contribution is 5.92. The number of ether oxygens (including phenoxy) is 1. The summed E-state index contributed by atoms with van der Waals surface area (Å²) >= 11 is 0. The first kappa shape index (κ1) is 16.5. The normalized spacial score (nSPS) is 12.4. The van der Waals surface area contributed by atoms with E-state index in [1.165, 1.54) is 0 Å². The summed E-state index contributed by atoms with van der Waals surface area (Å²) in [6.07, 6.45) is 1.56. The third kappa shape index (κ3) is 5.61. The van der Waals surface area contributed by atoms with Crippen LogP contribution in [0.25, 0.3) is 0 Å². The Kier molecular flexibility index (Phi) is 6.52. The van der Waals surface area contributed by atoms with E-state index in [4.69, 9.17) is 10.5 Å². The number of carbonyl (C=O) groups excluding carboxylic acids is 1. The summed E-state index contributed by atoms with van der Waals surface area (Å²) in [5.74, 6) is 0.559. The Labute approximate surface area is 121 Å². The first-order valence-corrected chi connectivity index (χ1v) is 7.16. The van der Waals surface area contributed by atoms with Crippen molar-refractivity contribution in [1.82, 2.24) is 0 Å². The van der Waals surface area contributed by atoms with E-state index in [2.05, 4.69) is 19.2 Å². The van der Waals surface area contributed by atoms with Crippen LogP contribution in [-0.4, -0.2) is 18.6 Å². The van der Waals surface area contributed by atoms with Crippen LogP contribution in [0.1, 0.15) is 39.2 Å². The lowest BCUT2D eigenvalue weighted by Gasteiger charge is -2.15. The second-order valence-corrected chi connectivity index (χ2v) is 5.63. The van der Waals surface area contributed by atoms with Crippen molar-refractivity contribution in [2.24, 2.45) is 5.92 Å². The zero-order valence-corrected chi connectivity index (χ0v) is 12.9. The molecule has 0 aromatic heterocycles. The van der Waals surface area contributed by atoms with E-state index in [1.807, 2.05) is 32.0 Å². The van der Waals surface area contributed by atoms with Crippen LogP contribution in [0.15, 0.2) is 18.2 Å². The largest absolute Gasteiger partial charge is 0.398 e. The van der Waals surface area contributed by atoms with Crippen molar-refractivity contribution >= 4 is 17.3 Å². The van der Waals surface area contributed by atoms with Crippen LogP contribution in [0.4, 0.5) is 11.4 Å². The van der Waals surface area contributed by atoms with Gasteiger partial charge >= 0.3 is 0 Å². The summed E-state index contributed by atoms with van der Waals surface area (Å²) in [5, 5.41) is 2.87. The summed E-state index contributed by atoms with van der Waals surface area (Å²) < 4.78 is 5.63. The maximum absolute atomic E-state index is 11.8. The zero-order valence-electron chi connectivity index (χ0n) is 12.9. The van der Waals surface area contributed by atoms with Gasteiger partial charge in [0.15, 0.2) is 0 Å². The molecule has 0 spiro atoms. The Hall–Kier alpha value is -1.55. The molecular weight excluding hydrogens is 252 g/mol. The van der Waals surface area contributed by atoms with E-state index in [0.717, 1.165) is 17.7 Å². The number of rotatable bonds is 7. The van der Waals surface area contributed by atoms with E-state index >= 15 is 0 Å². The molecule has 1 aromatic carbocycles. The third-order valence-corrected chi connectivity index (χ3v) is 3.18. The molecule has 3 N–H and O–H groups in total. The number of carbonyl (C=O) groups is 1. The molecule has 0 aliphatic heterocycles. The predicted molar refractivity (Wildman–Crippen MR) is 83.7 cm³/mol. The Balaban J connectivity index is 2.35. The zero-order chi connectivity index (χ0) is 15.1. The van der Waals surface area contributed by atoms with Crippen LogP contribution in [0.3, 0.4) is 0 Å². The van der Waals surface area contributed by atoms with E-state index < -0.39 is 0 Å². The molecule has 0 saturated carbocycles. The van der Waals surface area contributed by atoms with Crippen LogP contribution in [0.2, 0.25) is 0 Å². The molecule has 4 heteroatoms. The van der Waals surface area contributed by atoms with Crippen LogP contribution in [0.5, 0.6) is 0 Å². The molecule has 112 valence electrons. The number of benzene rings is 1. The van der Waals surface area contributed by atoms with E-state index in [-0.39, 0.29) is 12.0 Å². The molecule has 0 bridgehead atoms.